The number of carbonyl (C=O) groups excluding carboxylic acids is 1. The van der Waals surface area contributed by atoms with E-state index in [1.54, 1.807) is 30.8 Å². The lowest BCUT2D eigenvalue weighted by Crippen LogP contribution is -2.23. The number of alkyl halides is 3. The molecule has 2 unspecified atom stereocenters. The minimum absolute atomic E-state index is 0.0964. The van der Waals surface area contributed by atoms with Crippen LogP contribution in [-0.2, 0) is 26.9 Å². The third-order valence-electron chi connectivity index (χ3n) is 7.15. The van der Waals surface area contributed by atoms with E-state index in [1.165, 1.54) is 13.0 Å². The summed E-state index contributed by atoms with van der Waals surface area (Å²) in [6, 6.07) is 10.5. The average Bonchev–Trinajstić information content (AvgIpc) is 3.43. The van der Waals surface area contributed by atoms with E-state index in [9.17, 15) is 28.2 Å². The summed E-state index contributed by atoms with van der Waals surface area (Å²) in [5.41, 5.74) is -2.12. The number of thioether (sulfide) groups is 1. The number of benzene rings is 2. The maximum atomic E-state index is 13.6. The highest BCUT2D eigenvalue weighted by Gasteiger charge is 2.61. The van der Waals surface area contributed by atoms with E-state index in [4.69, 9.17) is 11.3 Å². The summed E-state index contributed by atoms with van der Waals surface area (Å²) in [5, 5.41) is 25.1. The number of rotatable bonds is 6. The molecular weight excluding hydrogens is 519 g/mol. The second-order valence-corrected chi connectivity index (χ2v) is 10.8. The Labute approximate surface area is 221 Å². The van der Waals surface area contributed by atoms with Crippen LogP contribution in [0.2, 0.25) is 0 Å². The monoisotopic (exact) mass is 543 g/mol. The molecule has 2 aromatic carbocycles. The first-order valence-electron chi connectivity index (χ1n) is 11.9. The van der Waals surface area contributed by atoms with Crippen molar-refractivity contribution in [2.45, 2.75) is 55.4 Å². The van der Waals surface area contributed by atoms with E-state index in [1.807, 2.05) is 12.1 Å². The summed E-state index contributed by atoms with van der Waals surface area (Å²) in [4.78, 5) is 15.1. The van der Waals surface area contributed by atoms with Crippen molar-refractivity contribution in [2.75, 3.05) is 11.1 Å². The Hall–Kier alpha value is -3.62. The minimum atomic E-state index is -4.77. The molecule has 1 aromatic heterocycles. The predicted octanol–water partition coefficient (Wildman–Crippen LogP) is 6.83. The number of aromatic hydroxyl groups is 2. The highest BCUT2D eigenvalue weighted by atomic mass is 32.2. The number of nitrogens with one attached hydrogen (secondary N) is 1. The van der Waals surface area contributed by atoms with Gasteiger partial charge in [0.2, 0.25) is 17.7 Å². The SMILES string of the molecule is [C-]#[N+]c1ccc(-n2c(O)c3c(c2O)C2(CCSc4ccc(NC(C)=O)cc4)CCC3(C)O2)cc1C(F)(F)F. The minimum Gasteiger partial charge on any atom is -0.494 e. The standard InChI is InChI=1S/C27H24F3N3O4S/c1-15(34)32-16-4-7-18(8-5-16)38-13-12-26-11-10-25(2,37-26)21-22(26)24(36)33(23(21)35)17-6-9-20(31-3)19(14-17)27(28,29)30/h4-9,14,35-36H,10-13H2,1-2H3,(H,32,34). The molecule has 1 amide bonds. The number of aromatic nitrogens is 1. The summed E-state index contributed by atoms with van der Waals surface area (Å²) in [7, 11) is 0. The summed E-state index contributed by atoms with van der Waals surface area (Å²) in [6.45, 7) is 10.3. The van der Waals surface area contributed by atoms with Crippen LogP contribution < -0.4 is 5.32 Å². The zero-order chi connectivity index (χ0) is 27.5. The number of halogens is 3. The Morgan fingerprint density at radius 3 is 2.47 bits per heavy atom. The predicted molar refractivity (Wildman–Crippen MR) is 136 cm³/mol. The fourth-order valence-corrected chi connectivity index (χ4v) is 6.51. The molecule has 5 rings (SSSR count). The van der Waals surface area contributed by atoms with Gasteiger partial charge in [0, 0.05) is 23.3 Å². The molecule has 1 fully saturated rings. The molecule has 1 saturated heterocycles. The molecular formula is C27H24F3N3O4S. The third kappa shape index (κ3) is 4.18. The first-order chi connectivity index (χ1) is 17.9. The number of amides is 1. The molecule has 2 atom stereocenters. The highest BCUT2D eigenvalue weighted by molar-refractivity contribution is 7.99. The van der Waals surface area contributed by atoms with E-state index in [2.05, 4.69) is 10.2 Å². The van der Waals surface area contributed by atoms with Gasteiger partial charge in [-0.2, -0.15) is 13.2 Å². The van der Waals surface area contributed by atoms with Crippen molar-refractivity contribution in [3.63, 3.8) is 0 Å². The number of ether oxygens (including phenoxy) is 1. The van der Waals surface area contributed by atoms with Crippen LogP contribution in [0.5, 0.6) is 11.8 Å². The average molecular weight is 544 g/mol. The van der Waals surface area contributed by atoms with Gasteiger partial charge in [0.15, 0.2) is 5.69 Å². The lowest BCUT2D eigenvalue weighted by molar-refractivity contribution is -0.136. The molecule has 7 nitrogen and oxygen atoms in total. The topological polar surface area (TPSA) is 88.1 Å². The molecule has 0 radical (unpaired) electrons. The molecule has 2 aliphatic heterocycles. The van der Waals surface area contributed by atoms with E-state index in [0.717, 1.165) is 21.6 Å². The molecule has 0 aliphatic carbocycles. The van der Waals surface area contributed by atoms with Gasteiger partial charge in [0.1, 0.15) is 5.60 Å². The first-order valence-corrected chi connectivity index (χ1v) is 12.8. The van der Waals surface area contributed by atoms with Gasteiger partial charge in [-0.25, -0.2) is 4.85 Å². The zero-order valence-electron chi connectivity index (χ0n) is 20.5. The summed E-state index contributed by atoms with van der Waals surface area (Å²) >= 11 is 1.57. The van der Waals surface area contributed by atoms with Gasteiger partial charge in [0.05, 0.1) is 34.6 Å². The largest absolute Gasteiger partial charge is 0.494 e. The van der Waals surface area contributed by atoms with Gasteiger partial charge in [-0.15, -0.1) is 11.8 Å². The molecule has 2 aliphatic rings. The van der Waals surface area contributed by atoms with Crippen molar-refractivity contribution in [3.8, 4) is 17.4 Å². The van der Waals surface area contributed by atoms with Gasteiger partial charge in [-0.3, -0.25) is 9.36 Å². The Bertz CT molecular complexity index is 1480. The Morgan fingerprint density at radius 1 is 1.16 bits per heavy atom. The summed E-state index contributed by atoms with van der Waals surface area (Å²) < 4.78 is 48.2. The molecule has 3 aromatic rings. The van der Waals surface area contributed by atoms with Crippen molar-refractivity contribution in [2.24, 2.45) is 0 Å². The first kappa shape index (κ1) is 26.0. The van der Waals surface area contributed by atoms with E-state index < -0.39 is 28.6 Å². The van der Waals surface area contributed by atoms with E-state index in [-0.39, 0.29) is 23.4 Å². The van der Waals surface area contributed by atoms with Crippen molar-refractivity contribution in [3.05, 3.63) is 70.6 Å². The van der Waals surface area contributed by atoms with Crippen molar-refractivity contribution >= 4 is 29.0 Å². The second-order valence-electron chi connectivity index (χ2n) is 9.67. The molecule has 0 saturated carbocycles. The van der Waals surface area contributed by atoms with Crippen LogP contribution in [0, 0.1) is 6.57 Å². The van der Waals surface area contributed by atoms with Crippen molar-refractivity contribution < 1.29 is 32.9 Å². The Balaban J connectivity index is 1.46. The molecule has 2 bridgehead atoms. The maximum absolute atomic E-state index is 13.6. The van der Waals surface area contributed by atoms with Crippen LogP contribution in [0.1, 0.15) is 49.8 Å². The molecule has 0 spiro atoms. The van der Waals surface area contributed by atoms with Gasteiger partial charge >= 0.3 is 6.18 Å². The van der Waals surface area contributed by atoms with Crippen molar-refractivity contribution in [1.29, 1.82) is 0 Å². The van der Waals surface area contributed by atoms with Crippen LogP contribution in [0.3, 0.4) is 0 Å². The smallest absolute Gasteiger partial charge is 0.407 e. The molecule has 38 heavy (non-hydrogen) atoms. The van der Waals surface area contributed by atoms with Gasteiger partial charge < -0.3 is 20.3 Å². The number of hydrogen-bond acceptors (Lipinski definition) is 5. The maximum Gasteiger partial charge on any atom is 0.407 e. The van der Waals surface area contributed by atoms with E-state index in [0.29, 0.717) is 41.8 Å². The van der Waals surface area contributed by atoms with Crippen LogP contribution >= 0.6 is 11.8 Å². The summed E-state index contributed by atoms with van der Waals surface area (Å²) in [6.07, 6.45) is -3.11. The Morgan fingerprint density at radius 2 is 1.84 bits per heavy atom. The van der Waals surface area contributed by atoms with Gasteiger partial charge in [-0.05, 0) is 62.6 Å². The van der Waals surface area contributed by atoms with Crippen LogP contribution in [0.15, 0.2) is 47.4 Å². The van der Waals surface area contributed by atoms with Crippen LogP contribution in [0.4, 0.5) is 24.5 Å². The Kier molecular flexibility index (Phi) is 6.16. The van der Waals surface area contributed by atoms with E-state index >= 15 is 0 Å². The van der Waals surface area contributed by atoms with Gasteiger partial charge in [0.25, 0.3) is 0 Å². The lowest BCUT2D eigenvalue weighted by Gasteiger charge is -2.26. The fourth-order valence-electron chi connectivity index (χ4n) is 5.51. The number of fused-ring (bicyclic) bond motifs is 5. The molecule has 11 heteroatoms. The zero-order valence-corrected chi connectivity index (χ0v) is 21.3. The molecule has 3 heterocycles. The fraction of sp³-hybridized carbons (Fsp3) is 0.333. The van der Waals surface area contributed by atoms with Gasteiger partial charge in [-0.1, -0.05) is 6.07 Å². The number of hydrogen-bond donors (Lipinski definition) is 3. The highest BCUT2D eigenvalue weighted by Crippen LogP contribution is 2.65. The van der Waals surface area contributed by atoms with Crippen molar-refractivity contribution in [1.82, 2.24) is 4.57 Å². The molecule has 198 valence electrons. The summed E-state index contributed by atoms with van der Waals surface area (Å²) in [5.74, 6) is -0.283. The number of carbonyl (C=O) groups is 1. The quantitative estimate of drug-likeness (QED) is 0.234. The van der Waals surface area contributed by atoms with Crippen LogP contribution in [0.25, 0.3) is 10.5 Å². The third-order valence-corrected chi connectivity index (χ3v) is 8.16. The normalized spacial score (nSPS) is 21.8. The lowest BCUT2D eigenvalue weighted by atomic mass is 9.78. The molecule has 3 N–H and O–H groups in total. The van der Waals surface area contributed by atoms with Crippen LogP contribution in [-0.4, -0.2) is 26.4 Å². The second kappa shape index (κ2) is 8.99. The number of nitrogens with zero attached hydrogens (tertiary/aromatic N) is 2. The number of anilines is 1.